The number of hydrogen-bond donors (Lipinski definition) is 1. The number of benzene rings is 1. The van der Waals surface area contributed by atoms with Crippen LogP contribution in [0.25, 0.3) is 0 Å². The van der Waals surface area contributed by atoms with Crippen molar-refractivity contribution in [1.29, 1.82) is 0 Å². The zero-order valence-electron chi connectivity index (χ0n) is 12.6. The standard InChI is InChI=1S/C16H17NO6/c1-2-21-15(19)14(12-8-9-13(18)23-12)17-16(20)22-10-11-6-4-3-5-7-11/h3-9,12,14H,2,10H2,1H3,(H,17,20)/t12-,14+/m1/s1. The Balaban J connectivity index is 1.93. The number of amides is 1. The minimum atomic E-state index is -1.15. The summed E-state index contributed by atoms with van der Waals surface area (Å²) in [7, 11) is 0. The lowest BCUT2D eigenvalue weighted by Gasteiger charge is -2.21. The number of alkyl carbamates (subject to hydrolysis) is 1. The Hall–Kier alpha value is -2.83. The van der Waals surface area contributed by atoms with Gasteiger partial charge in [0.25, 0.3) is 0 Å². The number of carbonyl (C=O) groups excluding carboxylic acids is 3. The van der Waals surface area contributed by atoms with E-state index in [1.807, 2.05) is 18.2 Å². The second-order valence-corrected chi connectivity index (χ2v) is 4.70. The molecule has 0 aliphatic carbocycles. The van der Waals surface area contributed by atoms with Crippen molar-refractivity contribution in [3.05, 3.63) is 48.0 Å². The molecule has 122 valence electrons. The van der Waals surface area contributed by atoms with E-state index in [4.69, 9.17) is 14.2 Å². The molecule has 0 spiro atoms. The zero-order chi connectivity index (χ0) is 16.7. The molecule has 1 heterocycles. The fraction of sp³-hybridized carbons (Fsp3) is 0.312. The van der Waals surface area contributed by atoms with E-state index in [1.54, 1.807) is 19.1 Å². The Labute approximate surface area is 133 Å². The summed E-state index contributed by atoms with van der Waals surface area (Å²) in [5.41, 5.74) is 0.808. The number of cyclic esters (lactones) is 1. The summed E-state index contributed by atoms with van der Waals surface area (Å²) in [6.45, 7) is 1.84. The monoisotopic (exact) mass is 319 g/mol. The quantitative estimate of drug-likeness (QED) is 0.628. The maximum absolute atomic E-state index is 11.9. The Morgan fingerprint density at radius 2 is 2.00 bits per heavy atom. The molecule has 0 radical (unpaired) electrons. The molecule has 7 heteroatoms. The summed E-state index contributed by atoms with van der Waals surface area (Å²) in [6, 6.07) is 7.94. The topological polar surface area (TPSA) is 90.9 Å². The van der Waals surface area contributed by atoms with Gasteiger partial charge in [-0.1, -0.05) is 30.3 Å². The van der Waals surface area contributed by atoms with Crippen LogP contribution in [0.1, 0.15) is 12.5 Å². The van der Waals surface area contributed by atoms with Crippen molar-refractivity contribution in [1.82, 2.24) is 5.32 Å². The number of carbonyl (C=O) groups is 3. The van der Waals surface area contributed by atoms with Gasteiger partial charge in [-0.05, 0) is 18.6 Å². The summed E-state index contributed by atoms with van der Waals surface area (Å²) in [5, 5.41) is 2.37. The highest BCUT2D eigenvalue weighted by Gasteiger charge is 2.35. The van der Waals surface area contributed by atoms with Crippen LogP contribution in [0.5, 0.6) is 0 Å². The lowest BCUT2D eigenvalue weighted by atomic mass is 10.1. The van der Waals surface area contributed by atoms with Gasteiger partial charge < -0.3 is 19.5 Å². The first-order valence-electron chi connectivity index (χ1n) is 7.13. The smallest absolute Gasteiger partial charge is 0.408 e. The van der Waals surface area contributed by atoms with Gasteiger partial charge in [-0.25, -0.2) is 14.4 Å². The van der Waals surface area contributed by atoms with E-state index in [2.05, 4.69) is 5.32 Å². The van der Waals surface area contributed by atoms with Crippen LogP contribution < -0.4 is 5.32 Å². The van der Waals surface area contributed by atoms with Crippen LogP contribution in [0.4, 0.5) is 4.79 Å². The van der Waals surface area contributed by atoms with Gasteiger partial charge >= 0.3 is 18.0 Å². The molecular formula is C16H17NO6. The fourth-order valence-corrected chi connectivity index (χ4v) is 1.96. The van der Waals surface area contributed by atoms with Crippen LogP contribution in [-0.4, -0.2) is 36.8 Å². The van der Waals surface area contributed by atoms with Gasteiger partial charge in [0.1, 0.15) is 6.61 Å². The molecule has 0 aromatic heterocycles. The highest BCUT2D eigenvalue weighted by molar-refractivity contribution is 5.88. The third-order valence-corrected chi connectivity index (χ3v) is 3.03. The lowest BCUT2D eigenvalue weighted by Crippen LogP contribution is -2.49. The molecule has 1 aromatic rings. The van der Waals surface area contributed by atoms with Crippen molar-refractivity contribution in [3.8, 4) is 0 Å². The molecule has 0 saturated heterocycles. The van der Waals surface area contributed by atoms with E-state index >= 15 is 0 Å². The minimum absolute atomic E-state index is 0.0580. The summed E-state index contributed by atoms with van der Waals surface area (Å²) in [6.07, 6.45) is 0.865. The minimum Gasteiger partial charge on any atom is -0.464 e. The molecule has 7 nitrogen and oxygen atoms in total. The van der Waals surface area contributed by atoms with Gasteiger partial charge in [-0.3, -0.25) is 0 Å². The van der Waals surface area contributed by atoms with Crippen molar-refractivity contribution < 1.29 is 28.6 Å². The predicted octanol–water partition coefficient (Wildman–Crippen LogP) is 1.33. The first-order chi connectivity index (χ1) is 11.1. The molecule has 1 amide bonds. The molecule has 23 heavy (non-hydrogen) atoms. The average molecular weight is 319 g/mol. The molecule has 0 fully saturated rings. The predicted molar refractivity (Wildman–Crippen MR) is 79.2 cm³/mol. The molecule has 1 N–H and O–H groups in total. The van der Waals surface area contributed by atoms with Crippen LogP contribution in [0.3, 0.4) is 0 Å². The molecule has 1 aliphatic rings. The second kappa shape index (κ2) is 7.98. The third kappa shape index (κ3) is 4.84. The van der Waals surface area contributed by atoms with Gasteiger partial charge in [0, 0.05) is 6.08 Å². The van der Waals surface area contributed by atoms with Crippen molar-refractivity contribution in [2.24, 2.45) is 0 Å². The first kappa shape index (κ1) is 16.5. The fourth-order valence-electron chi connectivity index (χ4n) is 1.96. The van der Waals surface area contributed by atoms with Crippen molar-refractivity contribution in [3.63, 3.8) is 0 Å². The van der Waals surface area contributed by atoms with Gasteiger partial charge in [0.15, 0.2) is 12.1 Å². The molecule has 0 bridgehead atoms. The van der Waals surface area contributed by atoms with Gasteiger partial charge in [-0.2, -0.15) is 0 Å². The Kier molecular flexibility index (Phi) is 5.74. The van der Waals surface area contributed by atoms with Crippen LogP contribution in [0, 0.1) is 0 Å². The molecule has 2 atom stereocenters. The summed E-state index contributed by atoms with van der Waals surface area (Å²) in [4.78, 5) is 34.9. The highest BCUT2D eigenvalue weighted by atomic mass is 16.6. The van der Waals surface area contributed by atoms with E-state index in [9.17, 15) is 14.4 Å². The first-order valence-corrected chi connectivity index (χ1v) is 7.13. The average Bonchev–Trinajstić information content (AvgIpc) is 2.98. The number of nitrogens with one attached hydrogen (secondary N) is 1. The highest BCUT2D eigenvalue weighted by Crippen LogP contribution is 2.12. The third-order valence-electron chi connectivity index (χ3n) is 3.03. The number of esters is 2. The molecule has 0 unspecified atom stereocenters. The number of hydrogen-bond acceptors (Lipinski definition) is 6. The van der Waals surface area contributed by atoms with Crippen molar-refractivity contribution in [2.75, 3.05) is 6.61 Å². The number of ether oxygens (including phenoxy) is 3. The van der Waals surface area contributed by atoms with Crippen molar-refractivity contribution in [2.45, 2.75) is 25.7 Å². The SMILES string of the molecule is CCOC(=O)[C@@H](NC(=O)OCc1ccccc1)[C@H]1C=CC(=O)O1. The van der Waals surface area contributed by atoms with E-state index < -0.39 is 30.2 Å². The maximum atomic E-state index is 11.9. The second-order valence-electron chi connectivity index (χ2n) is 4.70. The van der Waals surface area contributed by atoms with Crippen molar-refractivity contribution >= 4 is 18.0 Å². The summed E-state index contributed by atoms with van der Waals surface area (Å²) < 4.78 is 14.9. The van der Waals surface area contributed by atoms with E-state index in [0.717, 1.165) is 5.56 Å². The summed E-state index contributed by atoms with van der Waals surface area (Å²) >= 11 is 0. The Morgan fingerprint density at radius 1 is 1.26 bits per heavy atom. The summed E-state index contributed by atoms with van der Waals surface area (Å²) in [5.74, 6) is -1.28. The number of rotatable bonds is 6. The van der Waals surface area contributed by atoms with E-state index in [-0.39, 0.29) is 13.2 Å². The molecule has 1 aromatic carbocycles. The van der Waals surface area contributed by atoms with Crippen LogP contribution >= 0.6 is 0 Å². The van der Waals surface area contributed by atoms with Crippen LogP contribution in [0.15, 0.2) is 42.5 Å². The lowest BCUT2D eigenvalue weighted by molar-refractivity contribution is -0.151. The molecule has 2 rings (SSSR count). The van der Waals surface area contributed by atoms with E-state index in [1.165, 1.54) is 12.2 Å². The zero-order valence-corrected chi connectivity index (χ0v) is 12.6. The Morgan fingerprint density at radius 3 is 2.61 bits per heavy atom. The molecule has 0 saturated carbocycles. The van der Waals surface area contributed by atoms with Crippen LogP contribution in [0.2, 0.25) is 0 Å². The molecule has 1 aliphatic heterocycles. The maximum Gasteiger partial charge on any atom is 0.408 e. The van der Waals surface area contributed by atoms with Gasteiger partial charge in [0.05, 0.1) is 6.61 Å². The normalized spacial score (nSPS) is 17.3. The van der Waals surface area contributed by atoms with E-state index in [0.29, 0.717) is 0 Å². The van der Waals surface area contributed by atoms with Gasteiger partial charge in [0.2, 0.25) is 0 Å². The molecular weight excluding hydrogens is 302 g/mol. The van der Waals surface area contributed by atoms with Crippen LogP contribution in [-0.2, 0) is 30.4 Å². The largest absolute Gasteiger partial charge is 0.464 e. The van der Waals surface area contributed by atoms with Gasteiger partial charge in [-0.15, -0.1) is 0 Å². The Bertz CT molecular complexity index is 598.